The third-order valence-corrected chi connectivity index (χ3v) is 3.78. The molecule has 0 saturated heterocycles. The van der Waals surface area contributed by atoms with Crippen molar-refractivity contribution in [2.45, 2.75) is 31.3 Å². The number of hydrogen-bond acceptors (Lipinski definition) is 2. The van der Waals surface area contributed by atoms with Crippen molar-refractivity contribution in [3.05, 3.63) is 34.1 Å². The summed E-state index contributed by atoms with van der Waals surface area (Å²) in [5.74, 6) is -1.05. The zero-order chi connectivity index (χ0) is 13.2. The first-order valence-corrected chi connectivity index (χ1v) is 6.75. The van der Waals surface area contributed by atoms with E-state index in [4.69, 9.17) is 0 Å². The summed E-state index contributed by atoms with van der Waals surface area (Å²) in [5, 5.41) is 12.7. The van der Waals surface area contributed by atoms with Crippen LogP contribution in [0.5, 0.6) is 0 Å². The van der Waals surface area contributed by atoms with Gasteiger partial charge in [0.1, 0.15) is 5.82 Å². The highest BCUT2D eigenvalue weighted by atomic mass is 79.9. The van der Waals surface area contributed by atoms with Gasteiger partial charge in [0.25, 0.3) is 5.91 Å². The van der Waals surface area contributed by atoms with Crippen LogP contribution in [0.15, 0.2) is 22.7 Å². The van der Waals surface area contributed by atoms with E-state index in [9.17, 15) is 14.3 Å². The molecular formula is C13H15BrFNO2. The fourth-order valence-electron chi connectivity index (χ4n) is 2.22. The summed E-state index contributed by atoms with van der Waals surface area (Å²) in [6.07, 6.45) is 3.32. The van der Waals surface area contributed by atoms with Gasteiger partial charge in [0.05, 0.1) is 11.2 Å². The fourth-order valence-corrected chi connectivity index (χ4v) is 2.56. The van der Waals surface area contributed by atoms with Crippen LogP contribution in [-0.4, -0.2) is 23.2 Å². The average Bonchev–Trinajstić information content (AvgIpc) is 2.74. The molecule has 2 rings (SSSR count). The van der Waals surface area contributed by atoms with Crippen molar-refractivity contribution in [1.82, 2.24) is 5.32 Å². The van der Waals surface area contributed by atoms with Crippen molar-refractivity contribution < 1.29 is 14.3 Å². The minimum atomic E-state index is -0.818. The standard InChI is InChI=1S/C13H15BrFNO2/c14-9-3-4-10(11(15)7-9)12(17)16-8-13(18)5-1-2-6-13/h3-4,7,18H,1-2,5-6,8H2,(H,16,17). The quantitative estimate of drug-likeness (QED) is 0.901. The first-order valence-electron chi connectivity index (χ1n) is 5.96. The van der Waals surface area contributed by atoms with Gasteiger partial charge in [0.15, 0.2) is 0 Å². The third kappa shape index (κ3) is 3.09. The Bertz CT molecular complexity index is 458. The topological polar surface area (TPSA) is 49.3 Å². The SMILES string of the molecule is O=C(NCC1(O)CCCC1)c1ccc(Br)cc1F. The zero-order valence-corrected chi connectivity index (χ0v) is 11.5. The summed E-state index contributed by atoms with van der Waals surface area (Å²) in [6, 6.07) is 4.29. The Kier molecular flexibility index (Phi) is 4.02. The highest BCUT2D eigenvalue weighted by Gasteiger charge is 2.31. The lowest BCUT2D eigenvalue weighted by molar-refractivity contribution is 0.0448. The van der Waals surface area contributed by atoms with Gasteiger partial charge in [0.2, 0.25) is 0 Å². The number of halogens is 2. The Morgan fingerprint density at radius 1 is 1.44 bits per heavy atom. The average molecular weight is 316 g/mol. The van der Waals surface area contributed by atoms with Gasteiger partial charge in [-0.25, -0.2) is 4.39 Å². The van der Waals surface area contributed by atoms with E-state index < -0.39 is 17.3 Å². The molecule has 1 aromatic carbocycles. The first kappa shape index (κ1) is 13.5. The number of amides is 1. The van der Waals surface area contributed by atoms with E-state index in [1.54, 1.807) is 6.07 Å². The number of aliphatic hydroxyl groups is 1. The van der Waals surface area contributed by atoms with Crippen molar-refractivity contribution in [1.29, 1.82) is 0 Å². The van der Waals surface area contributed by atoms with Gasteiger partial charge >= 0.3 is 0 Å². The van der Waals surface area contributed by atoms with Crippen LogP contribution in [0.3, 0.4) is 0 Å². The van der Waals surface area contributed by atoms with Crippen molar-refractivity contribution in [3.8, 4) is 0 Å². The van der Waals surface area contributed by atoms with Crippen LogP contribution in [0.25, 0.3) is 0 Å². The van der Waals surface area contributed by atoms with Gasteiger partial charge in [-0.3, -0.25) is 4.79 Å². The molecule has 1 aliphatic rings. The molecule has 5 heteroatoms. The molecule has 18 heavy (non-hydrogen) atoms. The zero-order valence-electron chi connectivity index (χ0n) is 9.88. The summed E-state index contributed by atoms with van der Waals surface area (Å²) >= 11 is 3.14. The molecule has 0 aromatic heterocycles. The molecule has 0 aliphatic heterocycles. The Balaban J connectivity index is 1.99. The van der Waals surface area contributed by atoms with E-state index in [0.717, 1.165) is 12.8 Å². The molecule has 1 aliphatic carbocycles. The Hall–Kier alpha value is -0.940. The van der Waals surface area contributed by atoms with Gasteiger partial charge in [0, 0.05) is 11.0 Å². The molecule has 0 spiro atoms. The number of hydrogen-bond donors (Lipinski definition) is 2. The molecular weight excluding hydrogens is 301 g/mol. The molecule has 2 N–H and O–H groups in total. The van der Waals surface area contributed by atoms with E-state index in [-0.39, 0.29) is 12.1 Å². The second-order valence-electron chi connectivity index (χ2n) is 4.74. The maximum atomic E-state index is 13.5. The highest BCUT2D eigenvalue weighted by Crippen LogP contribution is 2.28. The van der Waals surface area contributed by atoms with Gasteiger partial charge in [-0.05, 0) is 31.0 Å². The molecule has 98 valence electrons. The van der Waals surface area contributed by atoms with E-state index in [1.165, 1.54) is 12.1 Å². The van der Waals surface area contributed by atoms with Crippen LogP contribution in [0, 0.1) is 5.82 Å². The fraction of sp³-hybridized carbons (Fsp3) is 0.462. The maximum Gasteiger partial charge on any atom is 0.254 e. The number of benzene rings is 1. The monoisotopic (exact) mass is 315 g/mol. The molecule has 0 bridgehead atoms. The highest BCUT2D eigenvalue weighted by molar-refractivity contribution is 9.10. The van der Waals surface area contributed by atoms with Gasteiger partial charge in [-0.15, -0.1) is 0 Å². The minimum Gasteiger partial charge on any atom is -0.388 e. The van der Waals surface area contributed by atoms with E-state index in [2.05, 4.69) is 21.2 Å². The second-order valence-corrected chi connectivity index (χ2v) is 5.65. The summed E-state index contributed by atoms with van der Waals surface area (Å²) in [4.78, 5) is 11.8. The van der Waals surface area contributed by atoms with Crippen LogP contribution in [0.4, 0.5) is 4.39 Å². The normalized spacial score (nSPS) is 17.7. The van der Waals surface area contributed by atoms with Gasteiger partial charge in [-0.2, -0.15) is 0 Å². The second kappa shape index (κ2) is 5.36. The van der Waals surface area contributed by atoms with Crippen molar-refractivity contribution in [2.24, 2.45) is 0 Å². The summed E-state index contributed by atoms with van der Waals surface area (Å²) in [6.45, 7) is 0.182. The summed E-state index contributed by atoms with van der Waals surface area (Å²) < 4.78 is 14.1. The lowest BCUT2D eigenvalue weighted by Crippen LogP contribution is -2.41. The Labute approximate surface area is 114 Å². The van der Waals surface area contributed by atoms with Crippen LogP contribution < -0.4 is 5.32 Å². The largest absolute Gasteiger partial charge is 0.388 e. The molecule has 1 amide bonds. The van der Waals surface area contributed by atoms with Gasteiger partial charge in [-0.1, -0.05) is 28.8 Å². The lowest BCUT2D eigenvalue weighted by atomic mass is 10.0. The molecule has 1 fully saturated rings. The van der Waals surface area contributed by atoms with Gasteiger partial charge < -0.3 is 10.4 Å². The molecule has 0 unspecified atom stereocenters. The Morgan fingerprint density at radius 2 is 2.11 bits per heavy atom. The predicted molar refractivity (Wildman–Crippen MR) is 69.9 cm³/mol. The summed E-state index contributed by atoms with van der Waals surface area (Å²) in [5.41, 5.74) is -0.818. The van der Waals surface area contributed by atoms with Crippen molar-refractivity contribution in [3.63, 3.8) is 0 Å². The minimum absolute atomic E-state index is 0.000188. The van der Waals surface area contributed by atoms with E-state index >= 15 is 0 Å². The molecule has 1 aromatic rings. The molecule has 0 radical (unpaired) electrons. The van der Waals surface area contributed by atoms with Crippen LogP contribution in [-0.2, 0) is 0 Å². The Morgan fingerprint density at radius 3 is 2.72 bits per heavy atom. The molecule has 0 atom stereocenters. The van der Waals surface area contributed by atoms with Crippen molar-refractivity contribution >= 4 is 21.8 Å². The lowest BCUT2D eigenvalue weighted by Gasteiger charge is -2.22. The molecule has 1 saturated carbocycles. The first-order chi connectivity index (χ1) is 8.50. The van der Waals surface area contributed by atoms with Crippen LogP contribution in [0.2, 0.25) is 0 Å². The number of carbonyl (C=O) groups is 1. The summed E-state index contributed by atoms with van der Waals surface area (Å²) in [7, 11) is 0. The maximum absolute atomic E-state index is 13.5. The third-order valence-electron chi connectivity index (χ3n) is 3.29. The van der Waals surface area contributed by atoms with Crippen LogP contribution in [0.1, 0.15) is 36.0 Å². The molecule has 3 nitrogen and oxygen atoms in total. The number of nitrogens with one attached hydrogen (secondary N) is 1. The number of rotatable bonds is 3. The number of carbonyl (C=O) groups excluding carboxylic acids is 1. The predicted octanol–water partition coefficient (Wildman–Crippen LogP) is 2.62. The van der Waals surface area contributed by atoms with E-state index in [1.807, 2.05) is 0 Å². The van der Waals surface area contributed by atoms with E-state index in [0.29, 0.717) is 17.3 Å². The van der Waals surface area contributed by atoms with Crippen molar-refractivity contribution in [2.75, 3.05) is 6.54 Å². The molecule has 0 heterocycles. The smallest absolute Gasteiger partial charge is 0.254 e. The van der Waals surface area contributed by atoms with Crippen LogP contribution >= 0.6 is 15.9 Å².